The standard InChI is InChI=1S/C19H27NO4/c1-2-17-13-15(10-11-24-17)19(23)20-16(8-9-18(21)22)12-14-6-4-3-5-7-14/h3-7,15-17H,2,8-13H2,1H3,(H,20,23)(H,21,22). The van der Waals surface area contributed by atoms with Crippen molar-refractivity contribution in [3.63, 3.8) is 0 Å². The first-order chi connectivity index (χ1) is 11.6. The van der Waals surface area contributed by atoms with Gasteiger partial charge >= 0.3 is 5.97 Å². The fraction of sp³-hybridized carbons (Fsp3) is 0.579. The van der Waals surface area contributed by atoms with Crippen LogP contribution in [0, 0.1) is 5.92 Å². The van der Waals surface area contributed by atoms with Crippen LogP contribution < -0.4 is 5.32 Å². The molecule has 0 saturated carbocycles. The molecule has 3 unspecified atom stereocenters. The first kappa shape index (κ1) is 18.5. The molecule has 2 N–H and O–H groups in total. The number of amides is 1. The van der Waals surface area contributed by atoms with E-state index in [0.717, 1.165) is 24.8 Å². The fourth-order valence-electron chi connectivity index (χ4n) is 3.14. The predicted molar refractivity (Wildman–Crippen MR) is 91.7 cm³/mol. The monoisotopic (exact) mass is 333 g/mol. The van der Waals surface area contributed by atoms with Crippen molar-refractivity contribution in [1.82, 2.24) is 5.32 Å². The van der Waals surface area contributed by atoms with E-state index in [2.05, 4.69) is 12.2 Å². The Kier molecular flexibility index (Phi) is 7.25. The Bertz CT molecular complexity index is 531. The lowest BCUT2D eigenvalue weighted by Gasteiger charge is -2.29. The Balaban J connectivity index is 1.95. The van der Waals surface area contributed by atoms with Crippen molar-refractivity contribution in [3.05, 3.63) is 35.9 Å². The zero-order chi connectivity index (χ0) is 17.4. The van der Waals surface area contributed by atoms with E-state index in [9.17, 15) is 9.59 Å². The molecule has 0 bridgehead atoms. The SMILES string of the molecule is CCC1CC(C(=O)NC(CCC(=O)O)Cc2ccccc2)CCO1. The molecular formula is C19H27NO4. The number of carboxylic acid groups (broad SMARTS) is 1. The van der Waals surface area contributed by atoms with Crippen LogP contribution in [0.25, 0.3) is 0 Å². The van der Waals surface area contributed by atoms with Gasteiger partial charge in [0.05, 0.1) is 6.10 Å². The molecule has 1 aliphatic rings. The summed E-state index contributed by atoms with van der Waals surface area (Å²) < 4.78 is 5.63. The van der Waals surface area contributed by atoms with E-state index < -0.39 is 5.97 Å². The zero-order valence-electron chi connectivity index (χ0n) is 14.2. The highest BCUT2D eigenvalue weighted by Gasteiger charge is 2.28. The van der Waals surface area contributed by atoms with Crippen molar-refractivity contribution < 1.29 is 19.4 Å². The largest absolute Gasteiger partial charge is 0.481 e. The lowest BCUT2D eigenvalue weighted by atomic mass is 9.92. The highest BCUT2D eigenvalue weighted by molar-refractivity contribution is 5.79. The lowest BCUT2D eigenvalue weighted by Crippen LogP contribution is -2.43. The molecule has 1 saturated heterocycles. The van der Waals surface area contributed by atoms with Gasteiger partial charge in [0.2, 0.25) is 5.91 Å². The summed E-state index contributed by atoms with van der Waals surface area (Å²) in [5.74, 6) is -0.839. The van der Waals surface area contributed by atoms with Crippen molar-refractivity contribution in [2.45, 2.75) is 57.6 Å². The molecule has 0 aromatic heterocycles. The van der Waals surface area contributed by atoms with E-state index >= 15 is 0 Å². The molecule has 1 aromatic rings. The number of hydrogen-bond donors (Lipinski definition) is 2. The minimum absolute atomic E-state index is 0.0306. The highest BCUT2D eigenvalue weighted by Crippen LogP contribution is 2.22. The van der Waals surface area contributed by atoms with Crippen LogP contribution in [0.3, 0.4) is 0 Å². The maximum Gasteiger partial charge on any atom is 0.303 e. The number of hydrogen-bond acceptors (Lipinski definition) is 3. The Hall–Kier alpha value is -1.88. The molecule has 3 atom stereocenters. The van der Waals surface area contributed by atoms with Gasteiger partial charge in [-0.25, -0.2) is 0 Å². The molecule has 0 aliphatic carbocycles. The smallest absolute Gasteiger partial charge is 0.303 e. The van der Waals surface area contributed by atoms with E-state index in [4.69, 9.17) is 9.84 Å². The number of carboxylic acids is 1. The second-order valence-electron chi connectivity index (χ2n) is 6.45. The van der Waals surface area contributed by atoms with Crippen LogP contribution in [0.2, 0.25) is 0 Å². The van der Waals surface area contributed by atoms with Crippen molar-refractivity contribution in [2.75, 3.05) is 6.61 Å². The van der Waals surface area contributed by atoms with Crippen LogP contribution in [-0.4, -0.2) is 35.7 Å². The van der Waals surface area contributed by atoms with E-state index in [1.807, 2.05) is 30.3 Å². The van der Waals surface area contributed by atoms with Gasteiger partial charge in [-0.15, -0.1) is 0 Å². The van der Waals surface area contributed by atoms with Gasteiger partial charge in [-0.3, -0.25) is 9.59 Å². The number of carbonyl (C=O) groups excluding carboxylic acids is 1. The van der Waals surface area contributed by atoms with E-state index in [-0.39, 0.29) is 30.4 Å². The summed E-state index contributed by atoms with van der Waals surface area (Å²) in [6, 6.07) is 9.70. The first-order valence-corrected chi connectivity index (χ1v) is 8.76. The third-order valence-electron chi connectivity index (χ3n) is 4.57. The van der Waals surface area contributed by atoms with Gasteiger partial charge in [-0.2, -0.15) is 0 Å². The second-order valence-corrected chi connectivity index (χ2v) is 6.45. The van der Waals surface area contributed by atoms with Crippen LogP contribution in [0.15, 0.2) is 30.3 Å². The van der Waals surface area contributed by atoms with Crippen LogP contribution in [0.1, 0.15) is 44.6 Å². The summed E-state index contributed by atoms with van der Waals surface area (Å²) in [6.07, 6.45) is 3.70. The van der Waals surface area contributed by atoms with E-state index in [0.29, 0.717) is 19.4 Å². The molecule has 0 spiro atoms. The molecule has 5 nitrogen and oxygen atoms in total. The molecule has 2 rings (SSSR count). The van der Waals surface area contributed by atoms with Crippen molar-refractivity contribution in [2.24, 2.45) is 5.92 Å². The predicted octanol–water partition coefficient (Wildman–Crippen LogP) is 2.78. The summed E-state index contributed by atoms with van der Waals surface area (Å²) in [6.45, 7) is 2.69. The fourth-order valence-corrected chi connectivity index (χ4v) is 3.14. The maximum absolute atomic E-state index is 12.6. The number of carbonyl (C=O) groups is 2. The van der Waals surface area contributed by atoms with Gasteiger partial charge < -0.3 is 15.2 Å². The molecule has 1 fully saturated rings. The Labute approximate surface area is 143 Å². The summed E-state index contributed by atoms with van der Waals surface area (Å²) in [7, 11) is 0. The van der Waals surface area contributed by atoms with Gasteiger partial charge in [0.15, 0.2) is 0 Å². The molecule has 1 aliphatic heterocycles. The molecule has 1 aromatic carbocycles. The molecule has 1 amide bonds. The van der Waals surface area contributed by atoms with Crippen LogP contribution in [0.5, 0.6) is 0 Å². The topological polar surface area (TPSA) is 75.6 Å². The summed E-state index contributed by atoms with van der Waals surface area (Å²) >= 11 is 0. The molecule has 24 heavy (non-hydrogen) atoms. The lowest BCUT2D eigenvalue weighted by molar-refractivity contribution is -0.138. The van der Waals surface area contributed by atoms with Crippen LogP contribution in [-0.2, 0) is 20.7 Å². The number of rotatable bonds is 8. The molecular weight excluding hydrogens is 306 g/mol. The van der Waals surface area contributed by atoms with Gasteiger partial charge in [0.1, 0.15) is 0 Å². The summed E-state index contributed by atoms with van der Waals surface area (Å²) in [5, 5.41) is 12.0. The van der Waals surface area contributed by atoms with Crippen LogP contribution in [0.4, 0.5) is 0 Å². The third-order valence-corrected chi connectivity index (χ3v) is 4.57. The first-order valence-electron chi connectivity index (χ1n) is 8.76. The molecule has 5 heteroatoms. The quantitative estimate of drug-likeness (QED) is 0.767. The number of benzene rings is 1. The van der Waals surface area contributed by atoms with Gasteiger partial charge in [0.25, 0.3) is 0 Å². The minimum Gasteiger partial charge on any atom is -0.481 e. The Morgan fingerprint density at radius 3 is 2.75 bits per heavy atom. The third kappa shape index (κ3) is 5.96. The normalized spacial score (nSPS) is 21.9. The van der Waals surface area contributed by atoms with Crippen LogP contribution >= 0.6 is 0 Å². The van der Waals surface area contributed by atoms with Gasteiger partial charge in [0, 0.05) is 25.0 Å². The minimum atomic E-state index is -0.834. The molecule has 0 radical (unpaired) electrons. The number of aliphatic carboxylic acids is 1. The van der Waals surface area contributed by atoms with Crippen molar-refractivity contribution in [3.8, 4) is 0 Å². The number of nitrogens with one attached hydrogen (secondary N) is 1. The van der Waals surface area contributed by atoms with E-state index in [1.165, 1.54) is 0 Å². The van der Waals surface area contributed by atoms with Crippen molar-refractivity contribution >= 4 is 11.9 Å². The summed E-state index contributed by atoms with van der Waals surface area (Å²) in [5.41, 5.74) is 1.10. The average Bonchev–Trinajstić information content (AvgIpc) is 2.60. The maximum atomic E-state index is 12.6. The summed E-state index contributed by atoms with van der Waals surface area (Å²) in [4.78, 5) is 23.5. The molecule has 1 heterocycles. The van der Waals surface area contributed by atoms with Gasteiger partial charge in [-0.05, 0) is 37.7 Å². The Morgan fingerprint density at radius 1 is 1.33 bits per heavy atom. The van der Waals surface area contributed by atoms with E-state index in [1.54, 1.807) is 0 Å². The number of ether oxygens (including phenoxy) is 1. The zero-order valence-corrected chi connectivity index (χ0v) is 14.2. The van der Waals surface area contributed by atoms with Crippen molar-refractivity contribution in [1.29, 1.82) is 0 Å². The highest BCUT2D eigenvalue weighted by atomic mass is 16.5. The average molecular weight is 333 g/mol. The second kappa shape index (κ2) is 9.42. The Morgan fingerprint density at radius 2 is 2.08 bits per heavy atom. The van der Waals surface area contributed by atoms with Gasteiger partial charge in [-0.1, -0.05) is 37.3 Å². The molecule has 132 valence electrons.